The van der Waals surface area contributed by atoms with Gasteiger partial charge in [0.2, 0.25) is 0 Å². The second kappa shape index (κ2) is 6.27. The molecule has 3 rings (SSSR count). The van der Waals surface area contributed by atoms with Crippen LogP contribution >= 0.6 is 0 Å². The van der Waals surface area contributed by atoms with Crippen LogP contribution in [0, 0.1) is 5.92 Å². The van der Waals surface area contributed by atoms with Crippen molar-refractivity contribution in [3.05, 3.63) is 35.5 Å². The molecule has 23 heavy (non-hydrogen) atoms. The van der Waals surface area contributed by atoms with Crippen LogP contribution in [0.25, 0.3) is 0 Å². The molecule has 126 valence electrons. The highest BCUT2D eigenvalue weighted by molar-refractivity contribution is 5.90. The molecule has 0 unspecified atom stereocenters. The third-order valence-electron chi connectivity index (χ3n) is 5.61. The summed E-state index contributed by atoms with van der Waals surface area (Å²) >= 11 is 0. The summed E-state index contributed by atoms with van der Waals surface area (Å²) in [5.41, 5.74) is 3.34. The fourth-order valence-corrected chi connectivity index (χ4v) is 3.84. The quantitative estimate of drug-likeness (QED) is 0.286. The first kappa shape index (κ1) is 16.5. The number of ether oxygens (including phenoxy) is 2. The van der Waals surface area contributed by atoms with Crippen LogP contribution in [0.4, 0.5) is 0 Å². The van der Waals surface area contributed by atoms with Crippen LogP contribution in [0.5, 0.6) is 0 Å². The van der Waals surface area contributed by atoms with E-state index in [-0.39, 0.29) is 29.7 Å². The van der Waals surface area contributed by atoms with Gasteiger partial charge in [0.25, 0.3) is 0 Å². The minimum absolute atomic E-state index is 0.0394. The molecule has 3 nitrogen and oxygen atoms in total. The number of allylic oxidation sites excluding steroid dienone is 3. The number of fused-ring (bicyclic) bond motifs is 2. The Morgan fingerprint density at radius 2 is 1.96 bits per heavy atom. The van der Waals surface area contributed by atoms with Gasteiger partial charge in [-0.15, -0.1) is 0 Å². The summed E-state index contributed by atoms with van der Waals surface area (Å²) in [6, 6.07) is 0. The van der Waals surface area contributed by atoms with Crippen LogP contribution in [-0.4, -0.2) is 23.8 Å². The van der Waals surface area contributed by atoms with E-state index in [9.17, 15) is 4.79 Å². The monoisotopic (exact) mass is 316 g/mol. The molecule has 0 radical (unpaired) electrons. The maximum absolute atomic E-state index is 11.9. The summed E-state index contributed by atoms with van der Waals surface area (Å²) in [4.78, 5) is 11.9. The van der Waals surface area contributed by atoms with E-state index in [0.717, 1.165) is 38.5 Å². The summed E-state index contributed by atoms with van der Waals surface area (Å²) in [6.07, 6.45) is 10.7. The predicted molar refractivity (Wildman–Crippen MR) is 91.0 cm³/mol. The highest BCUT2D eigenvalue weighted by Gasteiger charge is 2.54. The highest BCUT2D eigenvalue weighted by atomic mass is 16.6. The van der Waals surface area contributed by atoms with Crippen molar-refractivity contribution in [1.29, 1.82) is 0 Å². The fraction of sp³-hybridized carbons (Fsp3) is 0.650. The average molecular weight is 316 g/mol. The normalized spacial score (nSPS) is 43.2. The van der Waals surface area contributed by atoms with Gasteiger partial charge >= 0.3 is 5.97 Å². The lowest BCUT2D eigenvalue weighted by Crippen LogP contribution is -2.21. The van der Waals surface area contributed by atoms with Gasteiger partial charge in [0, 0.05) is 17.9 Å². The molecule has 0 saturated carbocycles. The van der Waals surface area contributed by atoms with Gasteiger partial charge in [0.1, 0.15) is 6.10 Å². The zero-order valence-corrected chi connectivity index (χ0v) is 14.6. The van der Waals surface area contributed by atoms with E-state index >= 15 is 0 Å². The highest BCUT2D eigenvalue weighted by Crippen LogP contribution is 2.47. The molecular weight excluding hydrogens is 288 g/mol. The Kier molecular flexibility index (Phi) is 4.50. The van der Waals surface area contributed by atoms with Crippen molar-refractivity contribution < 1.29 is 14.3 Å². The van der Waals surface area contributed by atoms with E-state index in [0.29, 0.717) is 5.57 Å². The minimum atomic E-state index is -0.225. The first-order valence-electron chi connectivity index (χ1n) is 8.78. The Bertz CT molecular complexity index is 571. The SMILES string of the molecule is C=C1C(=O)O[C@@H]2C/C(C)=C/CC/C(C)=C/CC[C@@]3(C)O[C@@H]3C[C@H]12. The van der Waals surface area contributed by atoms with E-state index in [1.54, 1.807) is 0 Å². The zero-order chi connectivity index (χ0) is 16.6. The molecule has 0 spiro atoms. The molecular formula is C20H28O3. The lowest BCUT2D eigenvalue weighted by molar-refractivity contribution is -0.139. The Hall–Kier alpha value is -1.35. The Labute approximate surface area is 139 Å². The first-order valence-corrected chi connectivity index (χ1v) is 8.78. The predicted octanol–water partition coefficient (Wildman–Crippen LogP) is 4.49. The summed E-state index contributed by atoms with van der Waals surface area (Å²) in [5, 5.41) is 0. The lowest BCUT2D eigenvalue weighted by atomic mass is 9.85. The van der Waals surface area contributed by atoms with Gasteiger partial charge < -0.3 is 9.47 Å². The summed E-state index contributed by atoms with van der Waals surface area (Å²) < 4.78 is 11.6. The average Bonchev–Trinajstić information content (AvgIpc) is 3.04. The van der Waals surface area contributed by atoms with Gasteiger partial charge in [-0.1, -0.05) is 29.9 Å². The molecule has 0 aromatic carbocycles. The van der Waals surface area contributed by atoms with Crippen LogP contribution in [0.2, 0.25) is 0 Å². The van der Waals surface area contributed by atoms with Crippen molar-refractivity contribution in [2.24, 2.45) is 5.92 Å². The molecule has 3 heteroatoms. The smallest absolute Gasteiger partial charge is 0.334 e. The van der Waals surface area contributed by atoms with Gasteiger partial charge in [0.15, 0.2) is 0 Å². The Morgan fingerprint density at radius 3 is 2.74 bits per heavy atom. The first-order chi connectivity index (χ1) is 10.9. The second-order valence-electron chi connectivity index (χ2n) is 7.61. The molecule has 0 aromatic rings. The number of carbonyl (C=O) groups is 1. The Balaban J connectivity index is 1.78. The summed E-state index contributed by atoms with van der Waals surface area (Å²) in [6.45, 7) is 10.5. The van der Waals surface area contributed by atoms with Gasteiger partial charge in [0.05, 0.1) is 11.7 Å². The van der Waals surface area contributed by atoms with Crippen molar-refractivity contribution in [2.75, 3.05) is 0 Å². The molecule has 2 saturated heterocycles. The van der Waals surface area contributed by atoms with Gasteiger partial charge in [-0.3, -0.25) is 0 Å². The van der Waals surface area contributed by atoms with E-state index in [4.69, 9.17) is 9.47 Å². The molecule has 2 fully saturated rings. The molecule has 0 aromatic heterocycles. The van der Waals surface area contributed by atoms with Gasteiger partial charge in [-0.2, -0.15) is 0 Å². The fourth-order valence-electron chi connectivity index (χ4n) is 3.84. The van der Waals surface area contributed by atoms with Crippen LogP contribution < -0.4 is 0 Å². The van der Waals surface area contributed by atoms with Crippen LogP contribution in [-0.2, 0) is 14.3 Å². The number of hydrogen-bond donors (Lipinski definition) is 0. The van der Waals surface area contributed by atoms with Crippen molar-refractivity contribution in [3.63, 3.8) is 0 Å². The molecule has 0 amide bonds. The van der Waals surface area contributed by atoms with Crippen LogP contribution in [0.3, 0.4) is 0 Å². The van der Waals surface area contributed by atoms with Crippen molar-refractivity contribution in [1.82, 2.24) is 0 Å². The molecule has 2 heterocycles. The van der Waals surface area contributed by atoms with E-state index < -0.39 is 0 Å². The molecule has 0 N–H and O–H groups in total. The molecule has 3 aliphatic rings. The van der Waals surface area contributed by atoms with Gasteiger partial charge in [-0.05, 0) is 52.9 Å². The van der Waals surface area contributed by atoms with Crippen molar-refractivity contribution >= 4 is 5.97 Å². The topological polar surface area (TPSA) is 38.8 Å². The van der Waals surface area contributed by atoms with Crippen molar-refractivity contribution in [2.45, 2.75) is 77.1 Å². The molecule has 1 aliphatic carbocycles. The molecule has 4 atom stereocenters. The van der Waals surface area contributed by atoms with E-state index in [1.165, 1.54) is 11.1 Å². The maximum Gasteiger partial charge on any atom is 0.334 e. The standard InChI is InChI=1S/C20H28O3/c1-13-7-5-8-14(2)11-17-16(15(3)19(21)22-17)12-18-20(4,23-18)10-6-9-13/h8-9,16-18H,3,5-7,10-12H2,1-2,4H3/b13-9+,14-8+/t16-,17-,18-,20-/m1/s1. The van der Waals surface area contributed by atoms with Gasteiger partial charge in [-0.25, -0.2) is 4.79 Å². The summed E-state index contributed by atoms with van der Waals surface area (Å²) in [7, 11) is 0. The second-order valence-corrected chi connectivity index (χ2v) is 7.61. The number of carbonyl (C=O) groups excluding carboxylic acids is 1. The van der Waals surface area contributed by atoms with E-state index in [1.807, 2.05) is 0 Å². The number of esters is 1. The maximum atomic E-state index is 11.9. The lowest BCUT2D eigenvalue weighted by Gasteiger charge is -2.18. The van der Waals surface area contributed by atoms with Crippen LogP contribution in [0.1, 0.15) is 59.3 Å². The largest absolute Gasteiger partial charge is 0.458 e. The zero-order valence-electron chi connectivity index (χ0n) is 14.6. The summed E-state index contributed by atoms with van der Waals surface area (Å²) in [5.74, 6) is -0.130. The molecule has 2 aliphatic heterocycles. The van der Waals surface area contributed by atoms with Crippen molar-refractivity contribution in [3.8, 4) is 0 Å². The number of hydrogen-bond acceptors (Lipinski definition) is 3. The number of epoxide rings is 1. The minimum Gasteiger partial charge on any atom is -0.458 e. The van der Waals surface area contributed by atoms with Crippen LogP contribution in [0.15, 0.2) is 35.5 Å². The van der Waals surface area contributed by atoms with E-state index in [2.05, 4.69) is 39.5 Å². The third kappa shape index (κ3) is 3.60. The number of rotatable bonds is 0. The Morgan fingerprint density at radius 1 is 1.22 bits per heavy atom. The third-order valence-corrected chi connectivity index (χ3v) is 5.61. The molecule has 0 bridgehead atoms.